The predicted molar refractivity (Wildman–Crippen MR) is 240 cm³/mol. The van der Waals surface area contributed by atoms with Gasteiger partial charge in [0.15, 0.2) is 0 Å². The zero-order valence-corrected chi connectivity index (χ0v) is 31.7. The van der Waals surface area contributed by atoms with Crippen LogP contribution in [0.1, 0.15) is 0 Å². The third-order valence-electron chi connectivity index (χ3n) is 10.9. The smallest absolute Gasteiger partial charge is 0.147 e. The Balaban J connectivity index is 1.23. The van der Waals surface area contributed by atoms with Gasteiger partial charge in [-0.15, -0.1) is 0 Å². The number of nitrogens with zero attached hydrogens (tertiary/aromatic N) is 2. The highest BCUT2D eigenvalue weighted by Crippen LogP contribution is 2.42. The van der Waals surface area contributed by atoms with Crippen LogP contribution >= 0.6 is 15.8 Å². The average molecular weight is 737 g/mol. The summed E-state index contributed by atoms with van der Waals surface area (Å²) in [6, 6.07) is 76.0. The van der Waals surface area contributed by atoms with Crippen LogP contribution in [-0.4, -0.2) is 9.38 Å². The van der Waals surface area contributed by atoms with Crippen molar-refractivity contribution in [3.8, 4) is 0 Å². The molecule has 0 spiro atoms. The van der Waals surface area contributed by atoms with E-state index >= 15 is 0 Å². The molecule has 0 aliphatic carbocycles. The van der Waals surface area contributed by atoms with Crippen molar-refractivity contribution in [3.05, 3.63) is 206 Å². The molecule has 55 heavy (non-hydrogen) atoms. The van der Waals surface area contributed by atoms with E-state index in [1.165, 1.54) is 75.0 Å². The average Bonchev–Trinajstić information content (AvgIpc) is 3.66. The van der Waals surface area contributed by atoms with Gasteiger partial charge in [-0.3, -0.25) is 4.40 Å². The SMILES string of the molecule is c1ccc(P(c2ccc3c(ccc4ccccc43)c2)c2cccc3c2nc2c4c(P(c5ccccc5)c5ccccc5)cccc4c4ccccc4n32)cc1. The lowest BCUT2D eigenvalue weighted by molar-refractivity contribution is 1.32. The minimum Gasteiger partial charge on any atom is -0.292 e. The van der Waals surface area contributed by atoms with E-state index in [4.69, 9.17) is 4.98 Å². The Bertz CT molecular complexity index is 3170. The fraction of sp³-hybridized carbons (Fsp3) is 0. The van der Waals surface area contributed by atoms with Crippen LogP contribution < -0.4 is 31.8 Å². The molecule has 9 aromatic carbocycles. The zero-order chi connectivity index (χ0) is 36.3. The van der Waals surface area contributed by atoms with Gasteiger partial charge in [-0.1, -0.05) is 188 Å². The normalized spacial score (nSPS) is 12.5. The van der Waals surface area contributed by atoms with Crippen molar-refractivity contribution < 1.29 is 0 Å². The fourth-order valence-corrected chi connectivity index (χ4v) is 13.4. The molecule has 0 N–H and O–H groups in total. The first kappa shape index (κ1) is 32.3. The summed E-state index contributed by atoms with van der Waals surface area (Å²) in [5, 5.41) is 16.7. The van der Waals surface area contributed by atoms with E-state index in [1.807, 2.05) is 0 Å². The van der Waals surface area contributed by atoms with Gasteiger partial charge >= 0.3 is 0 Å². The molecular weight excluding hydrogens is 703 g/mol. The molecule has 1 unspecified atom stereocenters. The molecule has 2 nitrogen and oxygen atoms in total. The quantitative estimate of drug-likeness (QED) is 0.123. The molecule has 0 aliphatic heterocycles. The molecule has 258 valence electrons. The molecule has 0 saturated carbocycles. The monoisotopic (exact) mass is 736 g/mol. The number of aromatic nitrogens is 2. The molecule has 4 heteroatoms. The van der Waals surface area contributed by atoms with E-state index in [0.29, 0.717) is 0 Å². The van der Waals surface area contributed by atoms with Gasteiger partial charge < -0.3 is 0 Å². The van der Waals surface area contributed by atoms with E-state index in [-0.39, 0.29) is 0 Å². The van der Waals surface area contributed by atoms with Crippen LogP contribution in [0, 0.1) is 0 Å². The van der Waals surface area contributed by atoms with Gasteiger partial charge in [0.2, 0.25) is 0 Å². The van der Waals surface area contributed by atoms with Crippen LogP contribution in [0.3, 0.4) is 0 Å². The van der Waals surface area contributed by atoms with E-state index in [2.05, 4.69) is 211 Å². The first-order valence-corrected chi connectivity index (χ1v) is 21.4. The zero-order valence-electron chi connectivity index (χ0n) is 29.9. The molecule has 0 saturated heterocycles. The van der Waals surface area contributed by atoms with Gasteiger partial charge in [0.05, 0.1) is 16.6 Å². The van der Waals surface area contributed by atoms with E-state index in [0.717, 1.165) is 16.7 Å². The van der Waals surface area contributed by atoms with Gasteiger partial charge in [0.1, 0.15) is 5.65 Å². The minimum absolute atomic E-state index is 0.875. The third kappa shape index (κ3) is 5.29. The first-order valence-electron chi connectivity index (χ1n) is 18.7. The summed E-state index contributed by atoms with van der Waals surface area (Å²) < 4.78 is 2.44. The number of hydrogen-bond acceptors (Lipinski definition) is 1. The number of benzene rings is 9. The van der Waals surface area contributed by atoms with Gasteiger partial charge in [-0.05, 0) is 87.5 Å². The van der Waals surface area contributed by atoms with Crippen molar-refractivity contribution in [1.29, 1.82) is 0 Å². The topological polar surface area (TPSA) is 17.3 Å². The summed E-state index contributed by atoms with van der Waals surface area (Å²) in [6.45, 7) is 0. The number of fused-ring (bicyclic) bond motifs is 11. The van der Waals surface area contributed by atoms with Crippen molar-refractivity contribution in [3.63, 3.8) is 0 Å². The molecule has 0 aliphatic rings. The second-order valence-electron chi connectivity index (χ2n) is 14.0. The van der Waals surface area contributed by atoms with Crippen LogP contribution in [0.15, 0.2) is 206 Å². The summed E-state index contributed by atoms with van der Waals surface area (Å²) in [6.07, 6.45) is 0. The highest BCUT2D eigenvalue weighted by Gasteiger charge is 2.26. The lowest BCUT2D eigenvalue weighted by Gasteiger charge is -2.22. The molecule has 2 heterocycles. The number of para-hydroxylation sites is 2. The number of hydrogen-bond donors (Lipinski definition) is 0. The molecule has 0 bridgehead atoms. The minimum atomic E-state index is -0.950. The Labute approximate surface area is 321 Å². The van der Waals surface area contributed by atoms with Crippen molar-refractivity contribution in [2.75, 3.05) is 0 Å². The van der Waals surface area contributed by atoms with Crippen LogP contribution in [0.25, 0.3) is 59.9 Å². The van der Waals surface area contributed by atoms with E-state index < -0.39 is 15.8 Å². The lowest BCUT2D eigenvalue weighted by atomic mass is 10.0. The number of pyridine rings is 1. The van der Waals surface area contributed by atoms with Gasteiger partial charge in [0, 0.05) is 16.1 Å². The summed E-state index contributed by atoms with van der Waals surface area (Å²) in [5.74, 6) is 0. The lowest BCUT2D eigenvalue weighted by Crippen LogP contribution is -2.21. The van der Waals surface area contributed by atoms with Gasteiger partial charge in [-0.25, -0.2) is 4.98 Å². The highest BCUT2D eigenvalue weighted by molar-refractivity contribution is 7.80. The van der Waals surface area contributed by atoms with Crippen molar-refractivity contribution in [2.45, 2.75) is 0 Å². The summed E-state index contributed by atoms with van der Waals surface area (Å²) in [5.41, 5.74) is 4.39. The summed E-state index contributed by atoms with van der Waals surface area (Å²) in [7, 11) is -1.82. The second kappa shape index (κ2) is 13.3. The highest BCUT2D eigenvalue weighted by atomic mass is 31.1. The third-order valence-corrected chi connectivity index (χ3v) is 15.8. The summed E-state index contributed by atoms with van der Waals surface area (Å²) in [4.78, 5) is 5.79. The molecule has 11 rings (SSSR count). The Morgan fingerprint density at radius 3 is 1.60 bits per heavy atom. The summed E-state index contributed by atoms with van der Waals surface area (Å²) >= 11 is 0. The largest absolute Gasteiger partial charge is 0.292 e. The Hall–Kier alpha value is -6.17. The fourth-order valence-electron chi connectivity index (χ4n) is 8.48. The maximum Gasteiger partial charge on any atom is 0.147 e. The maximum atomic E-state index is 5.79. The van der Waals surface area contributed by atoms with Gasteiger partial charge in [-0.2, -0.15) is 0 Å². The number of imidazole rings is 1. The van der Waals surface area contributed by atoms with Crippen molar-refractivity contribution >= 4 is 108 Å². The molecule has 2 aromatic heterocycles. The maximum absolute atomic E-state index is 5.79. The number of rotatable bonds is 6. The molecule has 11 aromatic rings. The second-order valence-corrected chi connectivity index (χ2v) is 18.4. The van der Waals surface area contributed by atoms with Crippen LogP contribution in [-0.2, 0) is 0 Å². The predicted octanol–water partition coefficient (Wildman–Crippen LogP) is 10.6. The van der Waals surface area contributed by atoms with E-state index in [9.17, 15) is 0 Å². The Kier molecular flexibility index (Phi) is 7.80. The van der Waals surface area contributed by atoms with Crippen LogP contribution in [0.5, 0.6) is 0 Å². The molecule has 1 atom stereocenters. The Morgan fingerprint density at radius 1 is 0.345 bits per heavy atom. The van der Waals surface area contributed by atoms with Crippen molar-refractivity contribution in [1.82, 2.24) is 9.38 Å². The van der Waals surface area contributed by atoms with Crippen LogP contribution in [0.2, 0.25) is 0 Å². The molecular formula is C51H34N2P2. The van der Waals surface area contributed by atoms with E-state index in [1.54, 1.807) is 0 Å². The molecule has 0 amide bonds. The Morgan fingerprint density at radius 2 is 0.873 bits per heavy atom. The van der Waals surface area contributed by atoms with Crippen molar-refractivity contribution in [2.24, 2.45) is 0 Å². The molecule has 0 fully saturated rings. The van der Waals surface area contributed by atoms with Gasteiger partial charge in [0.25, 0.3) is 0 Å². The van der Waals surface area contributed by atoms with Crippen LogP contribution in [0.4, 0.5) is 0 Å². The molecule has 0 radical (unpaired) electrons. The standard InChI is InChI=1S/C51H34N2P2/c1-4-17-37(18-5-1)54(38-19-6-2-7-20-38)47-28-14-25-44-43-24-12-13-26-45(43)53-46-27-15-29-48(50(46)52-51(53)49(44)47)55(39-21-8-3-9-22-39)40-32-33-42-36(34-40)31-30-35-16-10-11-23-41(35)42/h1-34H. The first-order chi connectivity index (χ1) is 27.3.